The first kappa shape index (κ1) is 16.2. The molecule has 0 fully saturated rings. The van der Waals surface area contributed by atoms with Crippen LogP contribution in [0, 0.1) is 0 Å². The van der Waals surface area contributed by atoms with Crippen LogP contribution < -0.4 is 5.32 Å². The van der Waals surface area contributed by atoms with E-state index in [0.717, 1.165) is 0 Å². The molecule has 0 unspecified atom stereocenters. The molecule has 0 radical (unpaired) electrons. The van der Waals surface area contributed by atoms with Crippen molar-refractivity contribution in [2.75, 3.05) is 18.5 Å². The molecule has 0 saturated carbocycles. The fourth-order valence-electron chi connectivity index (χ4n) is 1.39. The van der Waals surface area contributed by atoms with Crippen LogP contribution in [-0.2, 0) is 9.53 Å². The molecule has 0 saturated heterocycles. The van der Waals surface area contributed by atoms with E-state index in [-0.39, 0.29) is 18.8 Å². The van der Waals surface area contributed by atoms with Crippen molar-refractivity contribution in [1.29, 1.82) is 0 Å². The molecule has 0 atom stereocenters. The van der Waals surface area contributed by atoms with Gasteiger partial charge in [-0.25, -0.2) is 0 Å². The van der Waals surface area contributed by atoms with Crippen molar-refractivity contribution in [3.63, 3.8) is 0 Å². The Labute approximate surface area is 113 Å². The number of amides is 1. The number of benzene rings is 1. The van der Waals surface area contributed by atoms with Crippen LogP contribution >= 0.6 is 0 Å². The Hall–Kier alpha value is -1.89. The molecule has 1 aromatic rings. The third-order valence-corrected chi connectivity index (χ3v) is 2.29. The number of carbonyl (C=O) groups excluding carboxylic acids is 2. The van der Waals surface area contributed by atoms with Gasteiger partial charge in [0, 0.05) is 11.3 Å². The first-order chi connectivity index (χ1) is 9.28. The molecule has 0 aliphatic rings. The van der Waals surface area contributed by atoms with Crippen molar-refractivity contribution in [1.82, 2.24) is 0 Å². The minimum Gasteiger partial charge on any atom is -0.372 e. The van der Waals surface area contributed by atoms with Crippen LogP contribution in [0.1, 0.15) is 23.7 Å². The monoisotopic (exact) mass is 289 g/mol. The summed E-state index contributed by atoms with van der Waals surface area (Å²) in [5.74, 6) is -0.623. The number of Topliss-reactive ketones (excluding diaryl/α,β-unsaturated/α-hetero) is 1. The van der Waals surface area contributed by atoms with Gasteiger partial charge in [-0.05, 0) is 19.1 Å². The molecule has 0 spiro atoms. The Morgan fingerprint density at radius 2 is 2.00 bits per heavy atom. The number of carbonyl (C=O) groups is 2. The number of rotatable bonds is 6. The SMILES string of the molecule is CC(=O)c1cccc(NC(=O)CCOCC(F)(F)F)c1. The second-order valence-electron chi connectivity index (χ2n) is 4.10. The van der Waals surface area contributed by atoms with Crippen LogP contribution in [0.2, 0.25) is 0 Å². The molecule has 110 valence electrons. The van der Waals surface area contributed by atoms with Crippen LogP contribution in [0.15, 0.2) is 24.3 Å². The van der Waals surface area contributed by atoms with Crippen LogP contribution in [0.4, 0.5) is 18.9 Å². The first-order valence-corrected chi connectivity index (χ1v) is 5.83. The van der Waals surface area contributed by atoms with Gasteiger partial charge in [-0.15, -0.1) is 0 Å². The predicted molar refractivity (Wildman–Crippen MR) is 66.6 cm³/mol. The summed E-state index contributed by atoms with van der Waals surface area (Å²) >= 11 is 0. The van der Waals surface area contributed by atoms with Gasteiger partial charge < -0.3 is 10.1 Å². The van der Waals surface area contributed by atoms with E-state index in [0.29, 0.717) is 11.3 Å². The number of halogens is 3. The number of nitrogens with one attached hydrogen (secondary N) is 1. The van der Waals surface area contributed by atoms with Crippen molar-refractivity contribution >= 4 is 17.4 Å². The molecule has 0 aliphatic heterocycles. The number of ketones is 1. The molecular formula is C13H14F3NO3. The zero-order valence-corrected chi connectivity index (χ0v) is 10.8. The Bertz CT molecular complexity index is 486. The van der Waals surface area contributed by atoms with E-state index < -0.39 is 18.7 Å². The lowest BCUT2D eigenvalue weighted by Gasteiger charge is -2.08. The Morgan fingerprint density at radius 1 is 1.30 bits per heavy atom. The topological polar surface area (TPSA) is 55.4 Å². The summed E-state index contributed by atoms with van der Waals surface area (Å²) in [6.07, 6.45) is -4.59. The molecule has 1 rings (SSSR count). The van der Waals surface area contributed by atoms with E-state index in [9.17, 15) is 22.8 Å². The van der Waals surface area contributed by atoms with Crippen molar-refractivity contribution in [2.24, 2.45) is 0 Å². The standard InChI is InChI=1S/C13H14F3NO3/c1-9(18)10-3-2-4-11(7-10)17-12(19)5-6-20-8-13(14,15)16/h2-4,7H,5-6,8H2,1H3,(H,17,19). The maximum Gasteiger partial charge on any atom is 0.411 e. The van der Waals surface area contributed by atoms with E-state index >= 15 is 0 Å². The third-order valence-electron chi connectivity index (χ3n) is 2.29. The van der Waals surface area contributed by atoms with Crippen LogP contribution in [0.5, 0.6) is 0 Å². The number of hydrogen-bond acceptors (Lipinski definition) is 3. The first-order valence-electron chi connectivity index (χ1n) is 5.83. The molecule has 1 N–H and O–H groups in total. The molecule has 4 nitrogen and oxygen atoms in total. The normalized spacial score (nSPS) is 11.2. The molecule has 0 heterocycles. The highest BCUT2D eigenvalue weighted by atomic mass is 19.4. The fraction of sp³-hybridized carbons (Fsp3) is 0.385. The summed E-state index contributed by atoms with van der Waals surface area (Å²) in [6, 6.07) is 6.29. The van der Waals surface area contributed by atoms with Crippen molar-refractivity contribution in [3.05, 3.63) is 29.8 Å². The summed E-state index contributed by atoms with van der Waals surface area (Å²) < 4.78 is 39.7. The van der Waals surface area contributed by atoms with E-state index in [4.69, 9.17) is 0 Å². The lowest BCUT2D eigenvalue weighted by atomic mass is 10.1. The highest BCUT2D eigenvalue weighted by Crippen LogP contribution is 2.15. The minimum absolute atomic E-state index is 0.144. The second kappa shape index (κ2) is 7.04. The minimum atomic E-state index is -4.40. The molecule has 0 aromatic heterocycles. The van der Waals surface area contributed by atoms with Gasteiger partial charge >= 0.3 is 6.18 Å². The van der Waals surface area contributed by atoms with Gasteiger partial charge in [0.1, 0.15) is 6.61 Å². The van der Waals surface area contributed by atoms with Gasteiger partial charge in [-0.2, -0.15) is 13.2 Å². The van der Waals surface area contributed by atoms with E-state index in [2.05, 4.69) is 10.1 Å². The quantitative estimate of drug-likeness (QED) is 0.647. The number of anilines is 1. The number of alkyl halides is 3. The highest BCUT2D eigenvalue weighted by Gasteiger charge is 2.27. The highest BCUT2D eigenvalue weighted by molar-refractivity contribution is 5.97. The zero-order valence-electron chi connectivity index (χ0n) is 10.8. The number of hydrogen-bond donors (Lipinski definition) is 1. The summed E-state index contributed by atoms with van der Waals surface area (Å²) in [5, 5.41) is 2.48. The molecule has 1 aromatic carbocycles. The Kier molecular flexibility index (Phi) is 5.69. The van der Waals surface area contributed by atoms with Crippen molar-refractivity contribution in [2.45, 2.75) is 19.5 Å². The maximum absolute atomic E-state index is 11.8. The maximum atomic E-state index is 11.8. The van der Waals surface area contributed by atoms with Crippen LogP contribution in [0.3, 0.4) is 0 Å². The van der Waals surface area contributed by atoms with Crippen LogP contribution in [-0.4, -0.2) is 31.1 Å². The number of ether oxygens (including phenoxy) is 1. The van der Waals surface area contributed by atoms with Gasteiger partial charge in [0.25, 0.3) is 0 Å². The summed E-state index contributed by atoms with van der Waals surface area (Å²) in [4.78, 5) is 22.6. The van der Waals surface area contributed by atoms with Crippen LogP contribution in [0.25, 0.3) is 0 Å². The molecule has 1 amide bonds. The average molecular weight is 289 g/mol. The summed E-state index contributed by atoms with van der Waals surface area (Å²) in [7, 11) is 0. The molecular weight excluding hydrogens is 275 g/mol. The average Bonchev–Trinajstić information content (AvgIpc) is 2.34. The van der Waals surface area contributed by atoms with E-state index in [1.807, 2.05) is 0 Å². The molecule has 0 aliphatic carbocycles. The van der Waals surface area contributed by atoms with Gasteiger partial charge in [0.15, 0.2) is 5.78 Å². The van der Waals surface area contributed by atoms with Gasteiger partial charge in [0.2, 0.25) is 5.91 Å². The van der Waals surface area contributed by atoms with Crippen molar-refractivity contribution in [3.8, 4) is 0 Å². The van der Waals surface area contributed by atoms with E-state index in [1.165, 1.54) is 13.0 Å². The smallest absolute Gasteiger partial charge is 0.372 e. The fourth-order valence-corrected chi connectivity index (χ4v) is 1.39. The van der Waals surface area contributed by atoms with Gasteiger partial charge in [-0.3, -0.25) is 9.59 Å². The summed E-state index contributed by atoms with van der Waals surface area (Å²) in [5.41, 5.74) is 0.856. The van der Waals surface area contributed by atoms with E-state index in [1.54, 1.807) is 18.2 Å². The van der Waals surface area contributed by atoms with Gasteiger partial charge in [0.05, 0.1) is 13.0 Å². The third kappa shape index (κ3) is 6.33. The van der Waals surface area contributed by atoms with Gasteiger partial charge in [-0.1, -0.05) is 12.1 Å². The van der Waals surface area contributed by atoms with Crippen molar-refractivity contribution < 1.29 is 27.5 Å². The molecule has 20 heavy (non-hydrogen) atoms. The summed E-state index contributed by atoms with van der Waals surface area (Å²) in [6.45, 7) is -0.302. The Morgan fingerprint density at radius 3 is 2.60 bits per heavy atom. The second-order valence-corrected chi connectivity index (χ2v) is 4.10. The lowest BCUT2D eigenvalue weighted by molar-refractivity contribution is -0.174. The zero-order chi connectivity index (χ0) is 15.2. The predicted octanol–water partition coefficient (Wildman–Crippen LogP) is 2.80. The Balaban J connectivity index is 2.39. The molecule has 0 bridgehead atoms. The largest absolute Gasteiger partial charge is 0.411 e. The lowest BCUT2D eigenvalue weighted by Crippen LogP contribution is -2.20. The molecule has 7 heteroatoms.